The molecular weight excluding hydrogens is 342 g/mol. The number of fused-ring (bicyclic) bond motifs is 1. The van der Waals surface area contributed by atoms with Gasteiger partial charge >= 0.3 is 0 Å². The van der Waals surface area contributed by atoms with Crippen molar-refractivity contribution in [2.24, 2.45) is 0 Å². The van der Waals surface area contributed by atoms with Crippen molar-refractivity contribution in [3.05, 3.63) is 35.4 Å². The average Bonchev–Trinajstić information content (AvgIpc) is 2.75. The number of piperazine rings is 1. The summed E-state index contributed by atoms with van der Waals surface area (Å²) >= 11 is 0. The average molecular weight is 365 g/mol. The number of carbonyl (C=O) groups excluding carboxylic acids is 2. The first-order valence-electron chi connectivity index (χ1n) is 8.34. The third-order valence-corrected chi connectivity index (χ3v) is 6.09. The highest BCUT2D eigenvalue weighted by Crippen LogP contribution is 2.21. The molecule has 2 heterocycles. The van der Waals surface area contributed by atoms with Crippen LogP contribution >= 0.6 is 0 Å². The van der Waals surface area contributed by atoms with Crippen molar-refractivity contribution < 1.29 is 18.0 Å². The molecule has 1 aromatic rings. The second-order valence-electron chi connectivity index (χ2n) is 6.74. The molecule has 1 atom stereocenters. The zero-order chi connectivity index (χ0) is 18.2. The van der Waals surface area contributed by atoms with Crippen molar-refractivity contribution >= 4 is 21.8 Å². The summed E-state index contributed by atoms with van der Waals surface area (Å²) in [7, 11) is -3.32. The van der Waals surface area contributed by atoms with Crippen LogP contribution in [0.1, 0.15) is 17.5 Å². The van der Waals surface area contributed by atoms with Gasteiger partial charge in [0.1, 0.15) is 12.6 Å². The topological polar surface area (TPSA) is 78.0 Å². The van der Waals surface area contributed by atoms with Crippen molar-refractivity contribution in [3.63, 3.8) is 0 Å². The molecular formula is C17H23N3O4S. The van der Waals surface area contributed by atoms with E-state index in [0.717, 1.165) is 17.4 Å². The van der Waals surface area contributed by atoms with E-state index in [1.54, 1.807) is 9.80 Å². The number of nitrogens with zero attached hydrogens (tertiary/aromatic N) is 3. The Kier molecular flexibility index (Phi) is 4.83. The Balaban J connectivity index is 1.77. The van der Waals surface area contributed by atoms with E-state index in [9.17, 15) is 18.0 Å². The predicted molar refractivity (Wildman–Crippen MR) is 93.1 cm³/mol. The number of hydrogen-bond donors (Lipinski definition) is 0. The Morgan fingerprint density at radius 1 is 1.16 bits per heavy atom. The molecule has 0 spiro atoms. The predicted octanol–water partition coefficient (Wildman–Crippen LogP) is 0.200. The lowest BCUT2D eigenvalue weighted by Crippen LogP contribution is -2.59. The molecule has 2 fully saturated rings. The van der Waals surface area contributed by atoms with Gasteiger partial charge in [0.25, 0.3) is 0 Å². The first-order chi connectivity index (χ1) is 11.8. The first kappa shape index (κ1) is 17.9. The minimum Gasteiger partial charge on any atom is -0.328 e. The fourth-order valence-corrected chi connectivity index (χ4v) is 4.35. The van der Waals surface area contributed by atoms with Gasteiger partial charge < -0.3 is 9.80 Å². The maximum absolute atomic E-state index is 12.9. The summed E-state index contributed by atoms with van der Waals surface area (Å²) < 4.78 is 24.9. The highest BCUT2D eigenvalue weighted by atomic mass is 32.2. The van der Waals surface area contributed by atoms with Gasteiger partial charge in [-0.3, -0.25) is 9.59 Å². The lowest BCUT2D eigenvalue weighted by atomic mass is 10.1. The van der Waals surface area contributed by atoms with Gasteiger partial charge in [-0.05, 0) is 18.9 Å². The molecule has 0 bridgehead atoms. The van der Waals surface area contributed by atoms with Gasteiger partial charge in [-0.15, -0.1) is 0 Å². The summed E-state index contributed by atoms with van der Waals surface area (Å²) in [6.07, 6.45) is 1.49. The van der Waals surface area contributed by atoms with Crippen molar-refractivity contribution in [2.45, 2.75) is 25.9 Å². The van der Waals surface area contributed by atoms with E-state index in [1.165, 1.54) is 4.31 Å². The van der Waals surface area contributed by atoms with E-state index in [4.69, 9.17) is 0 Å². The molecule has 2 amide bonds. The van der Waals surface area contributed by atoms with Crippen LogP contribution in [0.4, 0.5) is 0 Å². The molecule has 7 nitrogen and oxygen atoms in total. The number of benzene rings is 1. The third-order valence-electron chi connectivity index (χ3n) is 4.79. The summed E-state index contributed by atoms with van der Waals surface area (Å²) in [4.78, 5) is 28.5. The zero-order valence-corrected chi connectivity index (χ0v) is 15.3. The fourth-order valence-electron chi connectivity index (χ4n) is 3.50. The van der Waals surface area contributed by atoms with Crippen LogP contribution in [0, 0.1) is 6.92 Å². The molecule has 1 aromatic carbocycles. The molecule has 2 saturated heterocycles. The summed E-state index contributed by atoms with van der Waals surface area (Å²) in [5.41, 5.74) is 2.09. The summed E-state index contributed by atoms with van der Waals surface area (Å²) in [6, 6.07) is 7.29. The van der Waals surface area contributed by atoms with Gasteiger partial charge in [-0.2, -0.15) is 0 Å². The van der Waals surface area contributed by atoms with Gasteiger partial charge in [-0.1, -0.05) is 29.8 Å². The van der Waals surface area contributed by atoms with Crippen LogP contribution in [-0.4, -0.2) is 72.8 Å². The van der Waals surface area contributed by atoms with E-state index >= 15 is 0 Å². The second kappa shape index (κ2) is 6.76. The summed E-state index contributed by atoms with van der Waals surface area (Å²) in [5, 5.41) is 0. The molecule has 2 aliphatic rings. The van der Waals surface area contributed by atoms with Crippen molar-refractivity contribution in [1.29, 1.82) is 0 Å². The van der Waals surface area contributed by atoms with Gasteiger partial charge in [0, 0.05) is 26.2 Å². The number of hydrogen-bond acceptors (Lipinski definition) is 4. The van der Waals surface area contributed by atoms with Crippen molar-refractivity contribution in [3.8, 4) is 0 Å². The van der Waals surface area contributed by atoms with Crippen LogP contribution in [0.5, 0.6) is 0 Å². The monoisotopic (exact) mass is 365 g/mol. The van der Waals surface area contributed by atoms with Crippen LogP contribution in [0.25, 0.3) is 0 Å². The van der Waals surface area contributed by atoms with Crippen LogP contribution in [0.15, 0.2) is 24.3 Å². The number of sulfonamides is 1. The maximum atomic E-state index is 12.9. The number of carbonyl (C=O) groups is 2. The third kappa shape index (κ3) is 3.85. The first-order valence-corrected chi connectivity index (χ1v) is 10.2. The highest BCUT2D eigenvalue weighted by molar-refractivity contribution is 7.88. The number of rotatable bonds is 3. The van der Waals surface area contributed by atoms with Crippen molar-refractivity contribution in [1.82, 2.24) is 14.1 Å². The van der Waals surface area contributed by atoms with Gasteiger partial charge in [0.05, 0.1) is 6.26 Å². The molecule has 0 aliphatic carbocycles. The maximum Gasteiger partial charge on any atom is 0.246 e. The Hall–Kier alpha value is -1.93. The Bertz CT molecular complexity index is 793. The van der Waals surface area contributed by atoms with Crippen LogP contribution in [-0.2, 0) is 26.2 Å². The van der Waals surface area contributed by atoms with Gasteiger partial charge in [-0.25, -0.2) is 12.7 Å². The molecule has 0 saturated carbocycles. The van der Waals surface area contributed by atoms with E-state index in [1.807, 2.05) is 31.2 Å². The van der Waals surface area contributed by atoms with Gasteiger partial charge in [0.15, 0.2) is 0 Å². The molecule has 0 N–H and O–H groups in total. The van der Waals surface area contributed by atoms with Crippen LogP contribution in [0.2, 0.25) is 0 Å². The molecule has 136 valence electrons. The van der Waals surface area contributed by atoms with E-state index in [-0.39, 0.29) is 38.0 Å². The normalized spacial score (nSPS) is 22.7. The lowest BCUT2D eigenvalue weighted by Gasteiger charge is -2.39. The Labute approximate surface area is 148 Å². The fraction of sp³-hybridized carbons (Fsp3) is 0.529. The quantitative estimate of drug-likeness (QED) is 0.767. The van der Waals surface area contributed by atoms with Crippen LogP contribution in [0.3, 0.4) is 0 Å². The van der Waals surface area contributed by atoms with Gasteiger partial charge in [0.2, 0.25) is 21.8 Å². The standard InChI is InChI=1S/C17H23N3O4S/c1-13-4-3-5-14(10-13)11-18-12-16(21)20-9-8-19(25(2,23)24)7-6-15(20)17(18)22/h3-5,10,15H,6-9,11-12H2,1-2H3. The molecule has 25 heavy (non-hydrogen) atoms. The smallest absolute Gasteiger partial charge is 0.246 e. The van der Waals surface area contributed by atoms with Crippen molar-refractivity contribution in [2.75, 3.05) is 32.4 Å². The Morgan fingerprint density at radius 3 is 2.60 bits per heavy atom. The van der Waals surface area contributed by atoms with E-state index in [0.29, 0.717) is 13.0 Å². The molecule has 3 rings (SSSR count). The van der Waals surface area contributed by atoms with E-state index < -0.39 is 16.1 Å². The highest BCUT2D eigenvalue weighted by Gasteiger charge is 2.41. The number of aryl methyl sites for hydroxylation is 1. The number of amides is 2. The largest absolute Gasteiger partial charge is 0.328 e. The van der Waals surface area contributed by atoms with Crippen LogP contribution < -0.4 is 0 Å². The molecule has 0 aromatic heterocycles. The molecule has 2 aliphatic heterocycles. The minimum atomic E-state index is -3.32. The second-order valence-corrected chi connectivity index (χ2v) is 8.72. The molecule has 8 heteroatoms. The minimum absolute atomic E-state index is 0.0438. The molecule has 0 radical (unpaired) electrons. The Morgan fingerprint density at radius 2 is 1.92 bits per heavy atom. The van der Waals surface area contributed by atoms with E-state index in [2.05, 4.69) is 0 Å². The molecule has 1 unspecified atom stereocenters. The summed E-state index contributed by atoms with van der Waals surface area (Å²) in [6.45, 7) is 3.19. The zero-order valence-electron chi connectivity index (χ0n) is 14.5. The lowest BCUT2D eigenvalue weighted by molar-refractivity contribution is -0.156. The summed E-state index contributed by atoms with van der Waals surface area (Å²) in [5.74, 6) is -0.218. The SMILES string of the molecule is Cc1cccc(CN2CC(=O)N3CCN(S(C)(=O)=O)CCC3C2=O)c1.